The highest BCUT2D eigenvalue weighted by molar-refractivity contribution is 5.95. The quantitative estimate of drug-likeness (QED) is 0.522. The van der Waals surface area contributed by atoms with Crippen LogP contribution in [0, 0.1) is 5.92 Å². The Bertz CT molecular complexity index is 384. The van der Waals surface area contributed by atoms with E-state index in [1.54, 1.807) is 0 Å². The van der Waals surface area contributed by atoms with E-state index < -0.39 is 17.9 Å². The average molecular weight is 283 g/mol. The maximum absolute atomic E-state index is 11.5. The van der Waals surface area contributed by atoms with Crippen molar-refractivity contribution in [1.82, 2.24) is 16.0 Å². The van der Waals surface area contributed by atoms with E-state index >= 15 is 0 Å². The number of amides is 3. The van der Waals surface area contributed by atoms with Gasteiger partial charge in [0.05, 0.1) is 12.5 Å². The van der Waals surface area contributed by atoms with Crippen LogP contribution in [0.1, 0.15) is 25.7 Å². The minimum absolute atomic E-state index is 0.00147. The number of rotatable bonds is 6. The zero-order chi connectivity index (χ0) is 15.0. The molecule has 112 valence electrons. The Kier molecular flexibility index (Phi) is 6.72. The second-order valence-corrected chi connectivity index (χ2v) is 4.83. The summed E-state index contributed by atoms with van der Waals surface area (Å²) >= 11 is 0. The number of carboxylic acids is 1. The zero-order valence-corrected chi connectivity index (χ0v) is 11.4. The maximum atomic E-state index is 11.5. The van der Waals surface area contributed by atoms with Gasteiger partial charge in [-0.15, -0.1) is 6.58 Å². The molecule has 1 saturated carbocycles. The lowest BCUT2D eigenvalue weighted by Crippen LogP contribution is -2.46. The van der Waals surface area contributed by atoms with E-state index in [2.05, 4.69) is 22.5 Å². The molecular weight excluding hydrogens is 262 g/mol. The number of aliphatic carboxylic acids is 1. The molecule has 0 bridgehead atoms. The number of imide groups is 1. The fraction of sp³-hybridized carbons (Fsp3) is 0.615. The molecular formula is C13H21N3O4. The molecule has 7 heteroatoms. The largest absolute Gasteiger partial charge is 0.481 e. The predicted molar refractivity (Wildman–Crippen MR) is 73.1 cm³/mol. The fourth-order valence-electron chi connectivity index (χ4n) is 2.22. The minimum atomic E-state index is -0.787. The van der Waals surface area contributed by atoms with Crippen molar-refractivity contribution in [3.63, 3.8) is 0 Å². The number of carboxylic acid groups (broad SMARTS) is 1. The van der Waals surface area contributed by atoms with Gasteiger partial charge < -0.3 is 15.7 Å². The molecule has 1 fully saturated rings. The predicted octanol–water partition coefficient (Wildman–Crippen LogP) is 0.231. The van der Waals surface area contributed by atoms with Crippen LogP contribution in [0.4, 0.5) is 4.79 Å². The summed E-state index contributed by atoms with van der Waals surface area (Å²) in [7, 11) is 0. The van der Waals surface area contributed by atoms with E-state index in [0.29, 0.717) is 12.8 Å². The van der Waals surface area contributed by atoms with Crippen LogP contribution in [0.3, 0.4) is 0 Å². The summed E-state index contributed by atoms with van der Waals surface area (Å²) in [6.45, 7) is 3.73. The van der Waals surface area contributed by atoms with Crippen molar-refractivity contribution < 1.29 is 19.5 Å². The third-order valence-corrected chi connectivity index (χ3v) is 3.23. The Labute approximate surface area is 117 Å². The normalized spacial score (nSPS) is 21.8. The number of hydrogen-bond acceptors (Lipinski definition) is 4. The molecule has 0 saturated heterocycles. The molecule has 20 heavy (non-hydrogen) atoms. The Morgan fingerprint density at radius 1 is 1.30 bits per heavy atom. The Morgan fingerprint density at radius 2 is 2.05 bits per heavy atom. The number of nitrogens with one attached hydrogen (secondary N) is 3. The Morgan fingerprint density at radius 3 is 2.70 bits per heavy atom. The average Bonchev–Trinajstić information content (AvgIpc) is 2.43. The van der Waals surface area contributed by atoms with Gasteiger partial charge in [-0.05, 0) is 19.3 Å². The van der Waals surface area contributed by atoms with Crippen LogP contribution in [0.2, 0.25) is 0 Å². The maximum Gasteiger partial charge on any atom is 0.321 e. The van der Waals surface area contributed by atoms with E-state index in [-0.39, 0.29) is 25.0 Å². The van der Waals surface area contributed by atoms with Crippen LogP contribution >= 0.6 is 0 Å². The molecule has 1 rings (SSSR count). The first-order valence-corrected chi connectivity index (χ1v) is 6.67. The summed E-state index contributed by atoms with van der Waals surface area (Å²) < 4.78 is 0. The molecule has 0 aromatic heterocycles. The summed E-state index contributed by atoms with van der Waals surface area (Å²) in [6.07, 6.45) is 4.39. The first-order chi connectivity index (χ1) is 9.52. The third-order valence-electron chi connectivity index (χ3n) is 3.23. The molecule has 0 aliphatic heterocycles. The topological polar surface area (TPSA) is 108 Å². The molecule has 4 N–H and O–H groups in total. The van der Waals surface area contributed by atoms with Crippen molar-refractivity contribution in [2.24, 2.45) is 5.92 Å². The van der Waals surface area contributed by atoms with Crippen molar-refractivity contribution in [2.45, 2.75) is 31.7 Å². The minimum Gasteiger partial charge on any atom is -0.481 e. The van der Waals surface area contributed by atoms with Gasteiger partial charge in [-0.25, -0.2) is 4.79 Å². The lowest BCUT2D eigenvalue weighted by molar-refractivity contribution is -0.143. The highest BCUT2D eigenvalue weighted by Crippen LogP contribution is 2.24. The molecule has 0 spiro atoms. The summed E-state index contributed by atoms with van der Waals surface area (Å²) in [5, 5.41) is 16.6. The van der Waals surface area contributed by atoms with Crippen LogP contribution in [-0.4, -0.2) is 42.1 Å². The summed E-state index contributed by atoms with van der Waals surface area (Å²) in [4.78, 5) is 33.6. The van der Waals surface area contributed by atoms with E-state index in [0.717, 1.165) is 12.8 Å². The summed E-state index contributed by atoms with van der Waals surface area (Å²) in [6, 6.07) is -0.560. The summed E-state index contributed by atoms with van der Waals surface area (Å²) in [5.41, 5.74) is 0. The van der Waals surface area contributed by atoms with E-state index in [1.807, 2.05) is 0 Å². The van der Waals surface area contributed by atoms with Crippen molar-refractivity contribution in [1.29, 1.82) is 0 Å². The highest BCUT2D eigenvalue weighted by atomic mass is 16.4. The van der Waals surface area contributed by atoms with Gasteiger partial charge >= 0.3 is 12.0 Å². The van der Waals surface area contributed by atoms with Crippen molar-refractivity contribution in [3.05, 3.63) is 12.7 Å². The van der Waals surface area contributed by atoms with Gasteiger partial charge in [0.2, 0.25) is 5.91 Å². The van der Waals surface area contributed by atoms with Crippen molar-refractivity contribution in [3.8, 4) is 0 Å². The van der Waals surface area contributed by atoms with Gasteiger partial charge in [-0.2, -0.15) is 0 Å². The number of carbonyl (C=O) groups is 3. The third kappa shape index (κ3) is 5.83. The van der Waals surface area contributed by atoms with Crippen LogP contribution in [0.25, 0.3) is 0 Å². The van der Waals surface area contributed by atoms with Crippen LogP contribution in [0.5, 0.6) is 0 Å². The van der Waals surface area contributed by atoms with Crippen LogP contribution < -0.4 is 16.0 Å². The van der Waals surface area contributed by atoms with Gasteiger partial charge in [0.15, 0.2) is 0 Å². The number of carbonyl (C=O) groups excluding carboxylic acids is 2. The molecule has 2 unspecified atom stereocenters. The number of hydrogen-bond donors (Lipinski definition) is 4. The molecule has 2 atom stereocenters. The van der Waals surface area contributed by atoms with Crippen LogP contribution in [-0.2, 0) is 9.59 Å². The molecule has 0 heterocycles. The van der Waals surface area contributed by atoms with E-state index in [9.17, 15) is 14.4 Å². The van der Waals surface area contributed by atoms with E-state index in [4.69, 9.17) is 5.11 Å². The van der Waals surface area contributed by atoms with Gasteiger partial charge in [0.1, 0.15) is 0 Å². The molecule has 0 aromatic rings. The lowest BCUT2D eigenvalue weighted by atomic mass is 9.86. The lowest BCUT2D eigenvalue weighted by Gasteiger charge is -2.27. The Hall–Kier alpha value is -1.89. The van der Waals surface area contributed by atoms with E-state index in [1.165, 1.54) is 6.08 Å². The first-order valence-electron chi connectivity index (χ1n) is 6.67. The molecule has 1 aliphatic rings. The first kappa shape index (κ1) is 16.2. The van der Waals surface area contributed by atoms with Gasteiger partial charge in [-0.3, -0.25) is 14.9 Å². The van der Waals surface area contributed by atoms with Crippen LogP contribution in [0.15, 0.2) is 12.7 Å². The van der Waals surface area contributed by atoms with Gasteiger partial charge in [0.25, 0.3) is 0 Å². The standard InChI is InChI=1S/C13H21N3O4/c1-2-6-14-13(20)16-11(17)8-15-10-5-3-4-9(7-10)12(18)19/h2,9-10,15H,1,3-8H2,(H,18,19)(H2,14,16,17,20). The second kappa shape index (κ2) is 8.31. The van der Waals surface area contributed by atoms with Crippen molar-refractivity contribution >= 4 is 17.9 Å². The monoisotopic (exact) mass is 283 g/mol. The second-order valence-electron chi connectivity index (χ2n) is 4.83. The molecule has 3 amide bonds. The molecule has 0 radical (unpaired) electrons. The summed E-state index contributed by atoms with van der Waals surface area (Å²) in [5.74, 6) is -1.58. The molecule has 7 nitrogen and oxygen atoms in total. The van der Waals surface area contributed by atoms with Gasteiger partial charge in [-0.1, -0.05) is 12.5 Å². The number of urea groups is 1. The van der Waals surface area contributed by atoms with Crippen molar-refractivity contribution in [2.75, 3.05) is 13.1 Å². The zero-order valence-electron chi connectivity index (χ0n) is 11.4. The Balaban J connectivity index is 2.25. The highest BCUT2D eigenvalue weighted by Gasteiger charge is 2.26. The van der Waals surface area contributed by atoms with Gasteiger partial charge in [0, 0.05) is 12.6 Å². The smallest absolute Gasteiger partial charge is 0.321 e. The SMILES string of the molecule is C=CCNC(=O)NC(=O)CNC1CCCC(C(=O)O)C1. The fourth-order valence-corrected chi connectivity index (χ4v) is 2.22. The molecule has 0 aromatic carbocycles. The molecule has 1 aliphatic carbocycles.